The molecule has 1 aliphatic heterocycles. The van der Waals surface area contributed by atoms with Crippen LogP contribution in [-0.2, 0) is 0 Å². The predicted molar refractivity (Wildman–Crippen MR) is 94.3 cm³/mol. The second-order valence-corrected chi connectivity index (χ2v) is 6.43. The Morgan fingerprint density at radius 1 is 0.905 bits per heavy atom. The van der Waals surface area contributed by atoms with Crippen molar-refractivity contribution in [2.24, 2.45) is 0 Å². The summed E-state index contributed by atoms with van der Waals surface area (Å²) in [5.74, 6) is 0. The summed E-state index contributed by atoms with van der Waals surface area (Å²) in [4.78, 5) is 7.42. The van der Waals surface area contributed by atoms with Gasteiger partial charge in [-0.1, -0.05) is 36.0 Å². The molecule has 0 spiro atoms. The molecule has 3 rings (SSSR count). The van der Waals surface area contributed by atoms with Crippen LogP contribution in [0.25, 0.3) is 0 Å². The van der Waals surface area contributed by atoms with Gasteiger partial charge in [-0.05, 0) is 51.3 Å². The molecule has 0 unspecified atom stereocenters. The van der Waals surface area contributed by atoms with E-state index in [1.165, 1.54) is 27.6 Å². The molecule has 0 aliphatic carbocycles. The molecule has 0 aromatic heterocycles. The van der Waals surface area contributed by atoms with Gasteiger partial charge in [0.15, 0.2) is 0 Å². The van der Waals surface area contributed by atoms with E-state index in [2.05, 4.69) is 72.4 Å². The van der Waals surface area contributed by atoms with Gasteiger partial charge in [-0.3, -0.25) is 0 Å². The maximum atomic E-state index is 2.46. The molecular formula is C17H21N2NaS. The van der Waals surface area contributed by atoms with Gasteiger partial charge in [0.1, 0.15) is 0 Å². The Hall–Kier alpha value is -0.450. The van der Waals surface area contributed by atoms with Crippen LogP contribution in [0.2, 0.25) is 0 Å². The van der Waals surface area contributed by atoms with Crippen molar-refractivity contribution in [3.05, 3.63) is 48.5 Å². The summed E-state index contributed by atoms with van der Waals surface area (Å²) in [6.07, 6.45) is 1.17. The average Bonchev–Trinajstić information content (AvgIpc) is 2.46. The zero-order chi connectivity index (χ0) is 13.9. The molecule has 0 radical (unpaired) electrons. The third kappa shape index (κ3) is 3.85. The molecule has 4 heteroatoms. The first-order valence-corrected chi connectivity index (χ1v) is 7.85. The summed E-state index contributed by atoms with van der Waals surface area (Å²) in [6.45, 7) is 2.18. The molecule has 0 saturated carbocycles. The molecule has 0 bridgehead atoms. The van der Waals surface area contributed by atoms with Crippen molar-refractivity contribution in [1.29, 1.82) is 0 Å². The van der Waals surface area contributed by atoms with Gasteiger partial charge < -0.3 is 9.80 Å². The van der Waals surface area contributed by atoms with Crippen molar-refractivity contribution in [3.63, 3.8) is 0 Å². The zero-order valence-electron chi connectivity index (χ0n) is 12.0. The number of hydrogen-bond donors (Lipinski definition) is 0. The molecule has 2 aromatic carbocycles. The Morgan fingerprint density at radius 2 is 1.43 bits per heavy atom. The van der Waals surface area contributed by atoms with E-state index in [-0.39, 0.29) is 29.6 Å². The van der Waals surface area contributed by atoms with Crippen LogP contribution in [0.4, 0.5) is 11.4 Å². The van der Waals surface area contributed by atoms with Crippen molar-refractivity contribution >= 4 is 52.7 Å². The number of fused-ring (bicyclic) bond motifs is 2. The van der Waals surface area contributed by atoms with E-state index in [1.54, 1.807) is 0 Å². The number of nitrogens with zero attached hydrogens (tertiary/aromatic N) is 2. The van der Waals surface area contributed by atoms with Gasteiger partial charge in [-0.15, -0.1) is 0 Å². The zero-order valence-corrected chi connectivity index (χ0v) is 12.9. The SMILES string of the molecule is CN(C)CCCN1c2ccccc2Sc2ccccc21.[NaH]. The minimum atomic E-state index is 0. The summed E-state index contributed by atoms with van der Waals surface area (Å²) in [7, 11) is 4.27. The van der Waals surface area contributed by atoms with Crippen molar-refractivity contribution in [1.82, 2.24) is 4.90 Å². The first-order chi connectivity index (χ1) is 9.75. The molecule has 106 valence electrons. The van der Waals surface area contributed by atoms with Crippen molar-refractivity contribution in [2.45, 2.75) is 16.2 Å². The van der Waals surface area contributed by atoms with E-state index >= 15 is 0 Å². The Kier molecular flexibility index (Phi) is 6.20. The molecule has 0 N–H and O–H groups in total. The van der Waals surface area contributed by atoms with Crippen LogP contribution in [0.1, 0.15) is 6.42 Å². The van der Waals surface area contributed by atoms with Crippen LogP contribution in [0.15, 0.2) is 58.3 Å². The Morgan fingerprint density at radius 3 is 1.95 bits per heavy atom. The predicted octanol–water partition coefficient (Wildman–Crippen LogP) is 3.59. The average molecular weight is 308 g/mol. The summed E-state index contributed by atoms with van der Waals surface area (Å²) < 4.78 is 0. The van der Waals surface area contributed by atoms with Crippen LogP contribution in [0.3, 0.4) is 0 Å². The summed E-state index contributed by atoms with van der Waals surface area (Å²) in [6, 6.07) is 17.4. The minimum absolute atomic E-state index is 0. The molecular weight excluding hydrogens is 287 g/mol. The van der Waals surface area contributed by atoms with E-state index in [9.17, 15) is 0 Å². The molecule has 0 fully saturated rings. The molecule has 1 aliphatic rings. The van der Waals surface area contributed by atoms with E-state index < -0.39 is 0 Å². The summed E-state index contributed by atoms with van der Waals surface area (Å²) in [5.41, 5.74) is 2.69. The van der Waals surface area contributed by atoms with Crippen molar-refractivity contribution < 1.29 is 0 Å². The Labute approximate surface area is 153 Å². The van der Waals surface area contributed by atoms with Gasteiger partial charge in [-0.2, -0.15) is 0 Å². The molecule has 2 nitrogen and oxygen atoms in total. The van der Waals surface area contributed by atoms with Crippen molar-refractivity contribution in [2.75, 3.05) is 32.1 Å². The third-order valence-corrected chi connectivity index (χ3v) is 4.65. The van der Waals surface area contributed by atoms with Gasteiger partial charge >= 0.3 is 29.6 Å². The van der Waals surface area contributed by atoms with Crippen LogP contribution in [-0.4, -0.2) is 61.6 Å². The van der Waals surface area contributed by atoms with Crippen LogP contribution >= 0.6 is 11.8 Å². The fraction of sp³-hybridized carbons (Fsp3) is 0.294. The second kappa shape index (κ2) is 7.70. The molecule has 2 aromatic rings. The standard InChI is InChI=1S/C17H20N2S.Na.H/c1-18(2)12-7-13-19-14-8-3-5-10-16(14)20-17-11-6-4-9-15(17)19;;/h3-6,8-11H,7,12-13H2,1-2H3;;. The number of rotatable bonds is 4. The fourth-order valence-electron chi connectivity index (χ4n) is 2.57. The summed E-state index contributed by atoms with van der Waals surface area (Å²) in [5, 5.41) is 0. The Bertz CT molecular complexity index is 555. The van der Waals surface area contributed by atoms with E-state index in [0.717, 1.165) is 13.1 Å². The van der Waals surface area contributed by atoms with E-state index in [0.29, 0.717) is 0 Å². The van der Waals surface area contributed by atoms with Gasteiger partial charge in [0, 0.05) is 16.3 Å². The quantitative estimate of drug-likeness (QED) is 0.797. The maximum absolute atomic E-state index is 2.46. The molecule has 21 heavy (non-hydrogen) atoms. The number of anilines is 2. The molecule has 0 saturated heterocycles. The van der Waals surface area contributed by atoms with E-state index in [4.69, 9.17) is 0 Å². The monoisotopic (exact) mass is 308 g/mol. The fourth-order valence-corrected chi connectivity index (χ4v) is 3.66. The number of para-hydroxylation sites is 2. The van der Waals surface area contributed by atoms with Crippen LogP contribution in [0, 0.1) is 0 Å². The second-order valence-electron chi connectivity index (χ2n) is 5.35. The van der Waals surface area contributed by atoms with Gasteiger partial charge in [0.05, 0.1) is 11.4 Å². The molecule has 0 amide bonds. The summed E-state index contributed by atoms with van der Waals surface area (Å²) >= 11 is 1.87. The molecule has 1 heterocycles. The van der Waals surface area contributed by atoms with Gasteiger partial charge in [0.25, 0.3) is 0 Å². The van der Waals surface area contributed by atoms with Crippen LogP contribution < -0.4 is 4.90 Å². The number of hydrogen-bond acceptors (Lipinski definition) is 3. The van der Waals surface area contributed by atoms with Gasteiger partial charge in [0.2, 0.25) is 0 Å². The normalized spacial score (nSPS) is 12.6. The topological polar surface area (TPSA) is 6.48 Å². The van der Waals surface area contributed by atoms with E-state index in [1.807, 2.05) is 11.8 Å². The first-order valence-electron chi connectivity index (χ1n) is 7.04. The molecule has 0 atom stereocenters. The number of benzene rings is 2. The first kappa shape index (κ1) is 16.9. The van der Waals surface area contributed by atoms with Crippen LogP contribution in [0.5, 0.6) is 0 Å². The van der Waals surface area contributed by atoms with Crippen molar-refractivity contribution in [3.8, 4) is 0 Å². The van der Waals surface area contributed by atoms with Gasteiger partial charge in [-0.25, -0.2) is 0 Å². The Balaban J connectivity index is 0.00000161. The third-order valence-electron chi connectivity index (χ3n) is 3.52.